The summed E-state index contributed by atoms with van der Waals surface area (Å²) in [6.45, 7) is 3.94. The second-order valence-corrected chi connectivity index (χ2v) is 6.30. The Morgan fingerprint density at radius 1 is 1.40 bits per heavy atom. The third kappa shape index (κ3) is 2.90. The molecule has 0 saturated heterocycles. The van der Waals surface area contributed by atoms with E-state index in [4.69, 9.17) is 17.3 Å². The minimum atomic E-state index is -3.10. The zero-order valence-corrected chi connectivity index (χ0v) is 14.3. The Bertz CT molecular complexity index is 1180. The van der Waals surface area contributed by atoms with E-state index in [-0.39, 0.29) is 21.4 Å². The van der Waals surface area contributed by atoms with Gasteiger partial charge in [-0.25, -0.2) is 21.8 Å². The molecule has 3 aromatic heterocycles. The summed E-state index contributed by atoms with van der Waals surface area (Å²) in [6.07, 6.45) is 6.74. The van der Waals surface area contributed by atoms with Crippen molar-refractivity contribution in [2.24, 2.45) is 5.73 Å². The number of rotatable bonds is 3. The van der Waals surface area contributed by atoms with E-state index in [1.165, 1.54) is 0 Å². The number of hydrogen-bond acceptors (Lipinski definition) is 5. The molecule has 0 aliphatic heterocycles. The van der Waals surface area contributed by atoms with Gasteiger partial charge in [0, 0.05) is 29.2 Å². The van der Waals surface area contributed by atoms with Gasteiger partial charge in [0.25, 0.3) is 0 Å². The normalized spacial score (nSPS) is 13.1. The van der Waals surface area contributed by atoms with Crippen LogP contribution in [0.1, 0.15) is 5.56 Å². The van der Waals surface area contributed by atoms with E-state index in [0.29, 0.717) is 16.4 Å². The fraction of sp³-hybridized carbons (Fsp3) is 0. The van der Waals surface area contributed by atoms with Crippen molar-refractivity contribution in [1.82, 2.24) is 13.9 Å². The summed E-state index contributed by atoms with van der Waals surface area (Å²) >= 11 is 6.07. The van der Waals surface area contributed by atoms with Crippen molar-refractivity contribution in [2.75, 3.05) is 0 Å². The Morgan fingerprint density at radius 3 is 2.76 bits per heavy atom. The van der Waals surface area contributed by atoms with Gasteiger partial charge in [-0.3, -0.25) is 4.98 Å². The third-order valence-electron chi connectivity index (χ3n) is 3.60. The highest BCUT2D eigenvalue weighted by Gasteiger charge is 2.16. The molecular weight excluding hydrogens is 367 g/mol. The molecule has 0 bridgehead atoms. The first-order valence-electron chi connectivity index (χ1n) is 6.97. The number of nitrogens with two attached hydrogens (primary N) is 1. The number of nitrogens with zero attached hydrogens (tertiary/aromatic N) is 3. The molecule has 0 aliphatic rings. The standard InChI is InChI=1S/C16H12ClFN4O2S/c1-9(10-3-2-4-20-7-10)5-11-13(6-19)22(25(23)24)16-14(11)15(17)12(18)8-21-16/h2-8,25H,1,19H2/b11-5+,13-6+. The van der Waals surface area contributed by atoms with Crippen molar-refractivity contribution in [1.29, 1.82) is 0 Å². The van der Waals surface area contributed by atoms with Gasteiger partial charge in [0.1, 0.15) is 0 Å². The summed E-state index contributed by atoms with van der Waals surface area (Å²) < 4.78 is 38.1. The summed E-state index contributed by atoms with van der Waals surface area (Å²) in [5.74, 6) is -0.766. The lowest BCUT2D eigenvalue weighted by molar-refractivity contribution is 0.606. The molecule has 3 heterocycles. The van der Waals surface area contributed by atoms with Gasteiger partial charge in [-0.05, 0) is 23.3 Å². The SMILES string of the molecule is C=C(/C=c1\c(=C/N)n([SH](=O)=O)c2ncc(F)c(Cl)c12)c1cccnc1. The molecule has 0 radical (unpaired) electrons. The van der Waals surface area contributed by atoms with E-state index in [1.807, 2.05) is 0 Å². The van der Waals surface area contributed by atoms with Gasteiger partial charge in [-0.2, -0.15) is 0 Å². The summed E-state index contributed by atoms with van der Waals surface area (Å²) in [7, 11) is -3.10. The lowest BCUT2D eigenvalue weighted by Crippen LogP contribution is -2.30. The van der Waals surface area contributed by atoms with Gasteiger partial charge in [-0.1, -0.05) is 24.2 Å². The number of pyridine rings is 2. The first-order chi connectivity index (χ1) is 12.0. The molecule has 3 aromatic rings. The quantitative estimate of drug-likeness (QED) is 0.657. The molecular formula is C16H12ClFN4O2S. The second-order valence-electron chi connectivity index (χ2n) is 5.05. The van der Waals surface area contributed by atoms with Crippen LogP contribution in [0.2, 0.25) is 5.02 Å². The smallest absolute Gasteiger partial charge is 0.230 e. The Labute approximate surface area is 148 Å². The lowest BCUT2D eigenvalue weighted by atomic mass is 10.1. The maximum atomic E-state index is 13.9. The maximum Gasteiger partial charge on any atom is 0.230 e. The van der Waals surface area contributed by atoms with E-state index < -0.39 is 16.7 Å². The molecule has 2 N–H and O–H groups in total. The summed E-state index contributed by atoms with van der Waals surface area (Å²) in [6, 6.07) is 3.52. The molecule has 3 rings (SSSR count). The number of hydrogen-bond donors (Lipinski definition) is 2. The van der Waals surface area contributed by atoms with Gasteiger partial charge in [0.2, 0.25) is 10.9 Å². The van der Waals surface area contributed by atoms with Crippen molar-refractivity contribution in [2.45, 2.75) is 0 Å². The first-order valence-corrected chi connectivity index (χ1v) is 8.48. The van der Waals surface area contributed by atoms with Crippen LogP contribution in [-0.2, 0) is 10.9 Å². The predicted octanol–water partition coefficient (Wildman–Crippen LogP) is 0.789. The topological polar surface area (TPSA) is 90.9 Å². The van der Waals surface area contributed by atoms with Gasteiger partial charge in [-0.15, -0.1) is 0 Å². The van der Waals surface area contributed by atoms with Crippen LogP contribution in [0.3, 0.4) is 0 Å². The lowest BCUT2D eigenvalue weighted by Gasteiger charge is -1.99. The van der Waals surface area contributed by atoms with Crippen molar-refractivity contribution < 1.29 is 12.8 Å². The maximum absolute atomic E-state index is 13.9. The zero-order valence-electron chi connectivity index (χ0n) is 12.7. The molecule has 9 heteroatoms. The van der Waals surface area contributed by atoms with Crippen LogP contribution >= 0.6 is 11.6 Å². The summed E-state index contributed by atoms with van der Waals surface area (Å²) in [5, 5.41) is 0.329. The average Bonchev–Trinajstić information content (AvgIpc) is 2.93. The Kier molecular flexibility index (Phi) is 4.56. The average molecular weight is 379 g/mol. The van der Waals surface area contributed by atoms with Crippen molar-refractivity contribution in [3.05, 3.63) is 64.3 Å². The number of fused-ring (bicyclic) bond motifs is 1. The molecule has 0 aliphatic carbocycles. The van der Waals surface area contributed by atoms with Gasteiger partial charge < -0.3 is 5.73 Å². The van der Waals surface area contributed by atoms with Crippen LogP contribution in [0.15, 0.2) is 37.3 Å². The Hall–Kier alpha value is -2.71. The highest BCUT2D eigenvalue weighted by molar-refractivity contribution is 7.71. The molecule has 0 aromatic carbocycles. The molecule has 0 saturated carbocycles. The zero-order chi connectivity index (χ0) is 18.1. The van der Waals surface area contributed by atoms with Crippen LogP contribution in [-0.4, -0.2) is 22.4 Å². The van der Waals surface area contributed by atoms with Crippen molar-refractivity contribution in [3.63, 3.8) is 0 Å². The second kappa shape index (κ2) is 6.66. The molecule has 0 spiro atoms. The van der Waals surface area contributed by atoms with Crippen molar-refractivity contribution >= 4 is 51.4 Å². The molecule has 0 unspecified atom stereocenters. The van der Waals surface area contributed by atoms with Crippen LogP contribution in [0.5, 0.6) is 0 Å². The molecule has 0 fully saturated rings. The summed E-state index contributed by atoms with van der Waals surface area (Å²) in [5.41, 5.74) is 6.84. The summed E-state index contributed by atoms with van der Waals surface area (Å²) in [4.78, 5) is 7.86. The van der Waals surface area contributed by atoms with Crippen LogP contribution in [0.4, 0.5) is 4.39 Å². The number of thiol groups is 1. The number of aromatic nitrogens is 3. The van der Waals surface area contributed by atoms with Gasteiger partial charge in [0.15, 0.2) is 11.5 Å². The van der Waals surface area contributed by atoms with Gasteiger partial charge >= 0.3 is 0 Å². The first kappa shape index (κ1) is 17.1. The fourth-order valence-corrected chi connectivity index (χ4v) is 3.39. The molecule has 0 amide bonds. The fourth-order valence-electron chi connectivity index (χ4n) is 2.49. The minimum Gasteiger partial charge on any atom is -0.403 e. The van der Waals surface area contributed by atoms with E-state index in [1.54, 1.807) is 30.6 Å². The molecule has 6 nitrogen and oxygen atoms in total. The highest BCUT2D eigenvalue weighted by Crippen LogP contribution is 2.22. The third-order valence-corrected chi connectivity index (χ3v) is 4.70. The molecule has 128 valence electrons. The van der Waals surface area contributed by atoms with Gasteiger partial charge in [0.05, 0.1) is 16.6 Å². The van der Waals surface area contributed by atoms with Crippen molar-refractivity contribution in [3.8, 4) is 0 Å². The van der Waals surface area contributed by atoms with E-state index in [0.717, 1.165) is 16.4 Å². The minimum absolute atomic E-state index is 0.00977. The molecule has 0 atom stereocenters. The highest BCUT2D eigenvalue weighted by atomic mass is 35.5. The van der Waals surface area contributed by atoms with Crippen LogP contribution in [0.25, 0.3) is 28.9 Å². The van der Waals surface area contributed by atoms with E-state index >= 15 is 0 Å². The van der Waals surface area contributed by atoms with Crippen LogP contribution < -0.4 is 16.3 Å². The van der Waals surface area contributed by atoms with E-state index in [9.17, 15) is 12.8 Å². The monoisotopic (exact) mass is 378 g/mol. The number of allylic oxidation sites excluding steroid dienone is 1. The van der Waals surface area contributed by atoms with E-state index in [2.05, 4.69) is 16.5 Å². The Balaban J connectivity index is 2.48. The number of halogens is 2. The predicted molar refractivity (Wildman–Crippen MR) is 96.1 cm³/mol. The largest absolute Gasteiger partial charge is 0.403 e. The van der Waals surface area contributed by atoms with Crippen LogP contribution in [0, 0.1) is 5.82 Å². The Morgan fingerprint density at radius 2 is 2.16 bits per heavy atom. The molecule has 25 heavy (non-hydrogen) atoms.